The second-order valence-electron chi connectivity index (χ2n) is 2.63. The number of rotatable bonds is 0. The van der Waals surface area contributed by atoms with E-state index in [0.29, 0.717) is 0 Å². The van der Waals surface area contributed by atoms with Crippen LogP contribution >= 0.6 is 0 Å². The first kappa shape index (κ1) is 5.66. The highest BCUT2D eigenvalue weighted by atomic mass is 15.0. The van der Waals surface area contributed by atoms with Gasteiger partial charge < -0.3 is 0 Å². The molecule has 0 saturated carbocycles. The normalized spacial score (nSPS) is 15.4. The first-order chi connectivity index (χ1) is 4.88. The highest BCUT2D eigenvalue weighted by Crippen LogP contribution is 2.16. The summed E-state index contributed by atoms with van der Waals surface area (Å²) in [6, 6.07) is 6.24. The molecule has 1 aliphatic rings. The van der Waals surface area contributed by atoms with Crippen molar-refractivity contribution in [1.82, 2.24) is 0 Å². The van der Waals surface area contributed by atoms with Gasteiger partial charge in [0.1, 0.15) is 0 Å². The van der Waals surface area contributed by atoms with Gasteiger partial charge in [0, 0.05) is 24.1 Å². The second kappa shape index (κ2) is 1.94. The third kappa shape index (κ3) is 0.670. The lowest BCUT2D eigenvalue weighted by Gasteiger charge is -1.88. The number of hydrogen-bond donors (Lipinski definition) is 0. The molecule has 0 atom stereocenters. The standard InChI is InChI=1S/C9H10N/c1-8-5-7-10-6-3-2-4-9(8)10/h2-4,6H,1,5,7H2/q+1. The molecule has 2 heterocycles. The molecule has 0 N–H and O–H groups in total. The number of pyridine rings is 1. The molecule has 0 unspecified atom stereocenters. The van der Waals surface area contributed by atoms with Gasteiger partial charge in [-0.25, -0.2) is 0 Å². The van der Waals surface area contributed by atoms with Crippen LogP contribution < -0.4 is 4.57 Å². The van der Waals surface area contributed by atoms with Crippen molar-refractivity contribution in [2.75, 3.05) is 0 Å². The molecule has 50 valence electrons. The first-order valence-electron chi connectivity index (χ1n) is 3.54. The van der Waals surface area contributed by atoms with E-state index in [1.54, 1.807) is 0 Å². The van der Waals surface area contributed by atoms with Crippen molar-refractivity contribution in [3.05, 3.63) is 36.7 Å². The fraction of sp³-hybridized carbons (Fsp3) is 0.222. The summed E-state index contributed by atoms with van der Waals surface area (Å²) in [5.41, 5.74) is 2.56. The molecule has 1 aliphatic heterocycles. The summed E-state index contributed by atoms with van der Waals surface area (Å²) in [6.07, 6.45) is 3.22. The fourth-order valence-electron chi connectivity index (χ4n) is 1.38. The zero-order valence-electron chi connectivity index (χ0n) is 5.88. The molecule has 0 spiro atoms. The Morgan fingerprint density at radius 3 is 3.10 bits per heavy atom. The summed E-state index contributed by atoms with van der Waals surface area (Å²) in [6.45, 7) is 5.08. The summed E-state index contributed by atoms with van der Waals surface area (Å²) in [7, 11) is 0. The van der Waals surface area contributed by atoms with Crippen LogP contribution in [0.2, 0.25) is 0 Å². The lowest BCUT2D eigenvalue weighted by Crippen LogP contribution is -2.31. The van der Waals surface area contributed by atoms with Crippen molar-refractivity contribution in [3.8, 4) is 0 Å². The van der Waals surface area contributed by atoms with Gasteiger partial charge in [-0.05, 0) is 6.07 Å². The molecule has 0 aromatic carbocycles. The molecule has 0 saturated heterocycles. The lowest BCUT2D eigenvalue weighted by atomic mass is 10.2. The summed E-state index contributed by atoms with van der Waals surface area (Å²) in [5.74, 6) is 0. The Morgan fingerprint density at radius 1 is 1.40 bits per heavy atom. The van der Waals surface area contributed by atoms with E-state index in [9.17, 15) is 0 Å². The molecule has 1 nitrogen and oxygen atoms in total. The van der Waals surface area contributed by atoms with Crippen LogP contribution in [-0.4, -0.2) is 0 Å². The van der Waals surface area contributed by atoms with Crippen molar-refractivity contribution < 1.29 is 4.57 Å². The van der Waals surface area contributed by atoms with Gasteiger partial charge in [-0.3, -0.25) is 0 Å². The number of allylic oxidation sites excluding steroid dienone is 1. The van der Waals surface area contributed by atoms with E-state index < -0.39 is 0 Å². The number of hydrogen-bond acceptors (Lipinski definition) is 0. The molecular formula is C9H10N+. The van der Waals surface area contributed by atoms with Gasteiger partial charge in [-0.15, -0.1) is 0 Å². The quantitative estimate of drug-likeness (QED) is 0.470. The molecule has 0 bridgehead atoms. The van der Waals surface area contributed by atoms with E-state index in [4.69, 9.17) is 0 Å². The average Bonchev–Trinajstić information content (AvgIpc) is 2.34. The van der Waals surface area contributed by atoms with Crippen molar-refractivity contribution in [1.29, 1.82) is 0 Å². The van der Waals surface area contributed by atoms with Crippen molar-refractivity contribution in [3.63, 3.8) is 0 Å². The Balaban J connectivity index is 2.61. The average molecular weight is 132 g/mol. The molecule has 1 aromatic rings. The number of aryl methyl sites for hydroxylation is 1. The van der Waals surface area contributed by atoms with Crippen LogP contribution in [0.5, 0.6) is 0 Å². The van der Waals surface area contributed by atoms with Gasteiger partial charge >= 0.3 is 0 Å². The molecule has 0 fully saturated rings. The SMILES string of the molecule is C=C1CC[n+]2ccccc21. The van der Waals surface area contributed by atoms with E-state index in [0.717, 1.165) is 13.0 Å². The van der Waals surface area contributed by atoms with E-state index in [-0.39, 0.29) is 0 Å². The first-order valence-corrected chi connectivity index (χ1v) is 3.54. The summed E-state index contributed by atoms with van der Waals surface area (Å²) in [4.78, 5) is 0. The Hall–Kier alpha value is -1.11. The van der Waals surface area contributed by atoms with Crippen LogP contribution in [0.4, 0.5) is 0 Å². The molecule has 0 radical (unpaired) electrons. The van der Waals surface area contributed by atoms with Gasteiger partial charge in [-0.2, -0.15) is 4.57 Å². The van der Waals surface area contributed by atoms with E-state index >= 15 is 0 Å². The maximum absolute atomic E-state index is 3.97. The molecule has 1 aromatic heterocycles. The summed E-state index contributed by atoms with van der Waals surface area (Å²) >= 11 is 0. The molecule has 1 heteroatoms. The van der Waals surface area contributed by atoms with Crippen molar-refractivity contribution in [2.45, 2.75) is 13.0 Å². The van der Waals surface area contributed by atoms with Crippen LogP contribution in [0.15, 0.2) is 31.0 Å². The molecule has 10 heavy (non-hydrogen) atoms. The smallest absolute Gasteiger partial charge is 0.198 e. The zero-order valence-corrected chi connectivity index (χ0v) is 5.88. The number of aromatic nitrogens is 1. The Morgan fingerprint density at radius 2 is 2.30 bits per heavy atom. The maximum Gasteiger partial charge on any atom is 0.208 e. The third-order valence-electron chi connectivity index (χ3n) is 1.96. The van der Waals surface area contributed by atoms with Crippen molar-refractivity contribution in [2.24, 2.45) is 0 Å². The molecule has 0 amide bonds. The fourth-order valence-corrected chi connectivity index (χ4v) is 1.38. The zero-order chi connectivity index (χ0) is 6.97. The predicted molar refractivity (Wildman–Crippen MR) is 40.3 cm³/mol. The minimum absolute atomic E-state index is 1.11. The lowest BCUT2D eigenvalue weighted by molar-refractivity contribution is -0.689. The van der Waals surface area contributed by atoms with Gasteiger partial charge in [0.05, 0.1) is 0 Å². The van der Waals surface area contributed by atoms with Gasteiger partial charge in [-0.1, -0.05) is 6.58 Å². The number of fused-ring (bicyclic) bond motifs is 1. The summed E-state index contributed by atoms with van der Waals surface area (Å²) in [5, 5.41) is 0. The summed E-state index contributed by atoms with van der Waals surface area (Å²) < 4.78 is 2.24. The monoisotopic (exact) mass is 132 g/mol. The van der Waals surface area contributed by atoms with Crippen LogP contribution in [0.3, 0.4) is 0 Å². The minimum atomic E-state index is 1.11. The topological polar surface area (TPSA) is 3.88 Å². The highest BCUT2D eigenvalue weighted by molar-refractivity contribution is 5.58. The van der Waals surface area contributed by atoms with E-state index in [2.05, 4.69) is 35.5 Å². The van der Waals surface area contributed by atoms with Gasteiger partial charge in [0.15, 0.2) is 12.7 Å². The molecular weight excluding hydrogens is 122 g/mol. The van der Waals surface area contributed by atoms with Crippen LogP contribution in [-0.2, 0) is 6.54 Å². The van der Waals surface area contributed by atoms with Crippen molar-refractivity contribution >= 4 is 5.57 Å². The minimum Gasteiger partial charge on any atom is -0.198 e. The number of nitrogens with zero attached hydrogens (tertiary/aromatic N) is 1. The van der Waals surface area contributed by atoms with E-state index in [1.807, 2.05) is 0 Å². The van der Waals surface area contributed by atoms with Crippen LogP contribution in [0.25, 0.3) is 5.57 Å². The predicted octanol–water partition coefficient (Wildman–Crippen LogP) is 1.39. The molecule has 2 rings (SSSR count). The van der Waals surface area contributed by atoms with Gasteiger partial charge in [0.25, 0.3) is 0 Å². The molecule has 0 aliphatic carbocycles. The largest absolute Gasteiger partial charge is 0.208 e. The highest BCUT2D eigenvalue weighted by Gasteiger charge is 2.20. The Labute approximate surface area is 60.6 Å². The van der Waals surface area contributed by atoms with Crippen LogP contribution in [0.1, 0.15) is 12.1 Å². The van der Waals surface area contributed by atoms with Gasteiger partial charge in [0.2, 0.25) is 5.69 Å². The Bertz CT molecular complexity index is 276. The third-order valence-corrected chi connectivity index (χ3v) is 1.96. The van der Waals surface area contributed by atoms with Crippen LogP contribution in [0, 0.1) is 0 Å². The maximum atomic E-state index is 3.97. The van der Waals surface area contributed by atoms with E-state index in [1.165, 1.54) is 11.3 Å². The Kier molecular flexibility index (Phi) is 1.10. The second-order valence-corrected chi connectivity index (χ2v) is 2.63.